The molecule has 4 N–H and O–H groups in total. The van der Waals surface area contributed by atoms with E-state index in [-0.39, 0.29) is 11.3 Å². The quantitative estimate of drug-likeness (QED) is 0.549. The Labute approximate surface area is 135 Å². The van der Waals surface area contributed by atoms with Crippen LogP contribution >= 0.6 is 22.6 Å². The average Bonchev–Trinajstić information content (AvgIpc) is 2.43. The number of nitrogens with one attached hydrogen (secondary N) is 1. The topological polar surface area (TPSA) is 92.4 Å². The molecule has 6 heteroatoms. The van der Waals surface area contributed by atoms with Gasteiger partial charge in [0.1, 0.15) is 0 Å². The molecule has 0 aliphatic carbocycles. The van der Waals surface area contributed by atoms with Crippen LogP contribution in [0.25, 0.3) is 0 Å². The molecule has 0 aliphatic rings. The Balaban J connectivity index is 2.31. The van der Waals surface area contributed by atoms with Crippen molar-refractivity contribution in [2.45, 2.75) is 6.92 Å². The third-order valence-corrected chi connectivity index (χ3v) is 3.67. The third-order valence-electron chi connectivity index (χ3n) is 3.00. The number of anilines is 2. The van der Waals surface area contributed by atoms with Gasteiger partial charge >= 0.3 is 5.97 Å². The third kappa shape index (κ3) is 3.52. The van der Waals surface area contributed by atoms with Crippen LogP contribution in [0.3, 0.4) is 0 Å². The second-order valence-corrected chi connectivity index (χ2v) is 5.77. The van der Waals surface area contributed by atoms with E-state index in [1.807, 2.05) is 29.5 Å². The molecule has 0 aromatic heterocycles. The van der Waals surface area contributed by atoms with Crippen LogP contribution in [0.5, 0.6) is 0 Å². The Hall–Kier alpha value is -2.09. The Morgan fingerprint density at radius 3 is 2.52 bits per heavy atom. The summed E-state index contributed by atoms with van der Waals surface area (Å²) >= 11 is 2.02. The van der Waals surface area contributed by atoms with Crippen molar-refractivity contribution in [1.82, 2.24) is 0 Å². The fraction of sp³-hybridized carbons (Fsp3) is 0.0667. The minimum absolute atomic E-state index is 0.0512. The van der Waals surface area contributed by atoms with E-state index in [0.29, 0.717) is 11.3 Å². The number of carbonyl (C=O) groups excluding carboxylic acids is 1. The smallest absolute Gasteiger partial charge is 0.337 e. The maximum atomic E-state index is 12.2. The first-order valence-corrected chi connectivity index (χ1v) is 7.16. The second-order valence-electron chi connectivity index (χ2n) is 4.52. The van der Waals surface area contributed by atoms with Crippen molar-refractivity contribution >= 4 is 45.8 Å². The van der Waals surface area contributed by atoms with Gasteiger partial charge in [0.2, 0.25) is 0 Å². The minimum Gasteiger partial charge on any atom is -0.478 e. The molecular formula is C15H13IN2O3. The molecule has 0 heterocycles. The van der Waals surface area contributed by atoms with Gasteiger partial charge in [0.15, 0.2) is 0 Å². The molecular weight excluding hydrogens is 383 g/mol. The molecule has 0 saturated heterocycles. The molecule has 0 bridgehead atoms. The van der Waals surface area contributed by atoms with Crippen molar-refractivity contribution in [1.29, 1.82) is 0 Å². The van der Waals surface area contributed by atoms with Crippen LogP contribution in [0.15, 0.2) is 36.4 Å². The highest BCUT2D eigenvalue weighted by molar-refractivity contribution is 14.1. The maximum absolute atomic E-state index is 12.2. The van der Waals surface area contributed by atoms with Crippen molar-refractivity contribution in [3.05, 3.63) is 56.7 Å². The van der Waals surface area contributed by atoms with Gasteiger partial charge in [-0.15, -0.1) is 0 Å². The summed E-state index contributed by atoms with van der Waals surface area (Å²) in [5.74, 6) is -1.49. The molecule has 0 saturated carbocycles. The molecule has 0 radical (unpaired) electrons. The van der Waals surface area contributed by atoms with E-state index in [4.69, 9.17) is 5.73 Å². The Morgan fingerprint density at radius 2 is 1.90 bits per heavy atom. The second kappa shape index (κ2) is 6.13. The highest BCUT2D eigenvalue weighted by Crippen LogP contribution is 2.21. The number of carboxylic acid groups (broad SMARTS) is 1. The molecule has 1 amide bonds. The summed E-state index contributed by atoms with van der Waals surface area (Å²) in [5, 5.41) is 11.8. The van der Waals surface area contributed by atoms with Crippen molar-refractivity contribution in [2.75, 3.05) is 11.1 Å². The molecule has 21 heavy (non-hydrogen) atoms. The van der Waals surface area contributed by atoms with Gasteiger partial charge in [0.25, 0.3) is 5.91 Å². The van der Waals surface area contributed by atoms with Crippen molar-refractivity contribution in [2.24, 2.45) is 0 Å². The Kier molecular flexibility index (Phi) is 4.46. The zero-order valence-corrected chi connectivity index (χ0v) is 13.3. The lowest BCUT2D eigenvalue weighted by atomic mass is 10.1. The Bertz CT molecular complexity index is 729. The summed E-state index contributed by atoms with van der Waals surface area (Å²) in [6.07, 6.45) is 0. The van der Waals surface area contributed by atoms with Gasteiger partial charge in [-0.2, -0.15) is 0 Å². The molecule has 0 fully saturated rings. The van der Waals surface area contributed by atoms with Crippen LogP contribution in [0.2, 0.25) is 0 Å². The number of hydrogen-bond donors (Lipinski definition) is 3. The molecule has 2 aromatic rings. The summed E-state index contributed by atoms with van der Waals surface area (Å²) in [7, 11) is 0. The molecule has 5 nitrogen and oxygen atoms in total. The van der Waals surface area contributed by atoms with Crippen molar-refractivity contribution < 1.29 is 14.7 Å². The van der Waals surface area contributed by atoms with Crippen LogP contribution in [0.1, 0.15) is 26.3 Å². The monoisotopic (exact) mass is 396 g/mol. The summed E-state index contributed by atoms with van der Waals surface area (Å²) in [6, 6.07) is 9.76. The normalized spacial score (nSPS) is 10.2. The van der Waals surface area contributed by atoms with Gasteiger partial charge in [-0.3, -0.25) is 4.79 Å². The molecule has 2 rings (SSSR count). The van der Waals surface area contributed by atoms with Crippen molar-refractivity contribution in [3.8, 4) is 0 Å². The van der Waals surface area contributed by atoms with Gasteiger partial charge in [-0.1, -0.05) is 6.07 Å². The first-order chi connectivity index (χ1) is 9.88. The number of carboxylic acids is 1. The van der Waals surface area contributed by atoms with Gasteiger partial charge in [-0.05, 0) is 65.4 Å². The molecule has 0 unspecified atom stereocenters. The van der Waals surface area contributed by atoms with Crippen LogP contribution in [-0.4, -0.2) is 17.0 Å². The number of benzene rings is 2. The number of carbonyl (C=O) groups is 2. The molecule has 108 valence electrons. The predicted molar refractivity (Wildman–Crippen MR) is 89.7 cm³/mol. The standard InChI is InChI=1S/C15H13IN2O3/c1-8-2-3-9(6-12(8)17)14(19)18-13-5-4-10(16)7-11(13)15(20)21/h2-7H,17H2,1H3,(H,18,19)(H,20,21). The zero-order valence-electron chi connectivity index (χ0n) is 11.2. The number of rotatable bonds is 3. The molecule has 0 atom stereocenters. The summed E-state index contributed by atoms with van der Waals surface area (Å²) in [5.41, 5.74) is 7.86. The largest absolute Gasteiger partial charge is 0.478 e. The fourth-order valence-electron chi connectivity index (χ4n) is 1.78. The number of aryl methyl sites for hydroxylation is 1. The number of nitrogens with two attached hydrogens (primary N) is 1. The van der Waals surface area contributed by atoms with Crippen LogP contribution in [-0.2, 0) is 0 Å². The Morgan fingerprint density at radius 1 is 1.19 bits per heavy atom. The highest BCUT2D eigenvalue weighted by Gasteiger charge is 2.14. The lowest BCUT2D eigenvalue weighted by Gasteiger charge is -2.10. The minimum atomic E-state index is -1.09. The number of aromatic carboxylic acids is 1. The maximum Gasteiger partial charge on any atom is 0.337 e. The van der Waals surface area contributed by atoms with Gasteiger partial charge in [0, 0.05) is 14.8 Å². The van der Waals surface area contributed by atoms with Gasteiger partial charge < -0.3 is 16.2 Å². The fourth-order valence-corrected chi connectivity index (χ4v) is 2.27. The van der Waals surface area contributed by atoms with Gasteiger partial charge in [-0.25, -0.2) is 4.79 Å². The van der Waals surface area contributed by atoms with E-state index in [9.17, 15) is 14.7 Å². The average molecular weight is 396 g/mol. The number of amides is 1. The number of halogens is 1. The van der Waals surface area contributed by atoms with E-state index in [1.54, 1.807) is 30.3 Å². The van der Waals surface area contributed by atoms with E-state index >= 15 is 0 Å². The lowest BCUT2D eigenvalue weighted by molar-refractivity contribution is 0.0698. The first-order valence-electron chi connectivity index (χ1n) is 6.09. The van der Waals surface area contributed by atoms with Crippen LogP contribution in [0.4, 0.5) is 11.4 Å². The number of hydrogen-bond acceptors (Lipinski definition) is 3. The first kappa shape index (κ1) is 15.3. The van der Waals surface area contributed by atoms with Crippen molar-refractivity contribution in [3.63, 3.8) is 0 Å². The van der Waals surface area contributed by atoms with E-state index in [0.717, 1.165) is 9.13 Å². The molecule has 2 aromatic carbocycles. The highest BCUT2D eigenvalue weighted by atomic mass is 127. The summed E-state index contributed by atoms with van der Waals surface area (Å²) in [6.45, 7) is 1.85. The van der Waals surface area contributed by atoms with Crippen LogP contribution < -0.4 is 11.1 Å². The predicted octanol–water partition coefficient (Wildman–Crippen LogP) is 3.13. The summed E-state index contributed by atoms with van der Waals surface area (Å²) < 4.78 is 0.780. The molecule has 0 aliphatic heterocycles. The van der Waals surface area contributed by atoms with Crippen LogP contribution in [0, 0.1) is 10.5 Å². The zero-order chi connectivity index (χ0) is 15.6. The lowest BCUT2D eigenvalue weighted by Crippen LogP contribution is -2.15. The van der Waals surface area contributed by atoms with E-state index in [2.05, 4.69) is 5.32 Å². The van der Waals surface area contributed by atoms with E-state index < -0.39 is 11.9 Å². The van der Waals surface area contributed by atoms with Gasteiger partial charge in [0.05, 0.1) is 11.3 Å². The van der Waals surface area contributed by atoms with E-state index in [1.165, 1.54) is 6.07 Å². The summed E-state index contributed by atoms with van der Waals surface area (Å²) in [4.78, 5) is 23.4. The molecule has 0 spiro atoms. The SMILES string of the molecule is Cc1ccc(C(=O)Nc2ccc(I)cc2C(=O)O)cc1N. The number of nitrogen functional groups attached to an aromatic ring is 1.